The first kappa shape index (κ1) is 26.4. The summed E-state index contributed by atoms with van der Waals surface area (Å²) in [6, 6.07) is 16.0. The summed E-state index contributed by atoms with van der Waals surface area (Å²) in [6.45, 7) is 6.94. The fraction of sp³-hybridized carbons (Fsp3) is 0.520. The van der Waals surface area contributed by atoms with Crippen LogP contribution >= 0.6 is 7.92 Å². The maximum atomic E-state index is 10.5. The number of nitro groups is 1. The van der Waals surface area contributed by atoms with E-state index >= 15 is 0 Å². The van der Waals surface area contributed by atoms with Crippen LogP contribution < -0.4 is 0 Å². The topological polar surface area (TPSA) is 43.1 Å². The van der Waals surface area contributed by atoms with Crippen molar-refractivity contribution in [1.82, 2.24) is 0 Å². The van der Waals surface area contributed by atoms with E-state index in [9.17, 15) is 10.1 Å². The number of nitro benzene ring substituents is 1. The van der Waals surface area contributed by atoms with E-state index in [1.807, 2.05) is 30.3 Å². The van der Waals surface area contributed by atoms with Crippen molar-refractivity contribution < 1.29 is 4.92 Å². The minimum absolute atomic E-state index is 0.0778. The van der Waals surface area contributed by atoms with E-state index in [-0.39, 0.29) is 11.5 Å². The lowest BCUT2D eigenvalue weighted by molar-refractivity contribution is -0.384. The monoisotopic (exact) mass is 425 g/mol. The third kappa shape index (κ3) is 10.4. The molecule has 2 aromatic rings. The lowest BCUT2D eigenvalue weighted by Gasteiger charge is -2.16. The number of benzene rings is 2. The van der Waals surface area contributed by atoms with Crippen molar-refractivity contribution in [1.29, 1.82) is 0 Å². The van der Waals surface area contributed by atoms with Crippen molar-refractivity contribution in [3.05, 3.63) is 75.8 Å². The summed E-state index contributed by atoms with van der Waals surface area (Å²) in [4.78, 5) is 10.1. The largest absolute Gasteiger partial charge is 0.269 e. The zero-order valence-corrected chi connectivity index (χ0v) is 19.8. The summed E-state index contributed by atoms with van der Waals surface area (Å²) in [5.41, 5.74) is 1.93. The molecule has 0 aliphatic heterocycles. The fourth-order valence-corrected chi connectivity index (χ4v) is 6.10. The lowest BCUT2D eigenvalue weighted by Crippen LogP contribution is -2.00. The van der Waals surface area contributed by atoms with Gasteiger partial charge in [-0.2, -0.15) is 0 Å². The molecule has 3 nitrogen and oxygen atoms in total. The van der Waals surface area contributed by atoms with Crippen molar-refractivity contribution in [2.24, 2.45) is 0 Å². The summed E-state index contributed by atoms with van der Waals surface area (Å²) in [6.07, 6.45) is 13.2. The van der Waals surface area contributed by atoms with Gasteiger partial charge in [-0.3, -0.25) is 10.1 Å². The van der Waals surface area contributed by atoms with Gasteiger partial charge in [-0.1, -0.05) is 82.5 Å². The molecule has 0 spiro atoms. The van der Waals surface area contributed by atoms with Gasteiger partial charge in [0, 0.05) is 12.1 Å². The Morgan fingerprint density at radius 1 is 0.800 bits per heavy atom. The van der Waals surface area contributed by atoms with Gasteiger partial charge in [0.2, 0.25) is 0 Å². The van der Waals surface area contributed by atoms with Gasteiger partial charge in [0.15, 0.2) is 0 Å². The van der Waals surface area contributed by atoms with Gasteiger partial charge in [0.05, 0.1) is 12.8 Å². The first-order valence-corrected chi connectivity index (χ1v) is 13.2. The molecule has 0 saturated heterocycles. The lowest BCUT2D eigenvalue weighted by atomic mass is 9.76. The van der Waals surface area contributed by atoms with Crippen molar-refractivity contribution in [2.45, 2.75) is 65.1 Å². The molecule has 2 rings (SSSR count). The van der Waals surface area contributed by atoms with Crippen molar-refractivity contribution >= 4 is 21.5 Å². The molecule has 1 atom stereocenters. The van der Waals surface area contributed by atoms with Crippen LogP contribution in [0, 0.1) is 10.1 Å². The Morgan fingerprint density at radius 2 is 1.23 bits per heavy atom. The summed E-state index contributed by atoms with van der Waals surface area (Å²) >= 11 is 0. The van der Waals surface area contributed by atoms with Gasteiger partial charge in [-0.25, -0.2) is 0 Å². The van der Waals surface area contributed by atoms with Crippen LogP contribution in [0.15, 0.2) is 54.6 Å². The highest BCUT2D eigenvalue weighted by molar-refractivity contribution is 7.57. The van der Waals surface area contributed by atoms with Crippen LogP contribution in [0.3, 0.4) is 0 Å². The van der Waals surface area contributed by atoms with Crippen LogP contribution in [0.25, 0.3) is 0 Å². The molecule has 0 heterocycles. The van der Waals surface area contributed by atoms with Gasteiger partial charge in [-0.15, -0.1) is 7.92 Å². The minimum Gasteiger partial charge on any atom is -0.258 e. The predicted octanol–water partition coefficient (Wildman–Crippen LogP) is 7.72. The Hall–Kier alpha value is -1.67. The van der Waals surface area contributed by atoms with Crippen LogP contribution in [-0.2, 0) is 0 Å². The Kier molecular flexibility index (Phi) is 14.1. The smallest absolute Gasteiger partial charge is 0.258 e. The maximum Gasteiger partial charge on any atom is 0.269 e. The number of non-ortho nitro benzene ring substituents is 1. The summed E-state index contributed by atoms with van der Waals surface area (Å²) in [5, 5.41) is 10.5. The second-order valence-corrected chi connectivity index (χ2v) is 10.3. The number of rotatable bonds is 12. The highest BCUT2D eigenvalue weighted by Gasteiger charge is 2.10. The molecule has 0 N–H and O–H groups in total. The minimum atomic E-state index is -0.419. The van der Waals surface area contributed by atoms with E-state index in [1.165, 1.54) is 50.7 Å². The van der Waals surface area contributed by atoms with E-state index in [0.717, 1.165) is 11.1 Å². The zero-order chi connectivity index (χ0) is 22.2. The van der Waals surface area contributed by atoms with E-state index in [4.69, 9.17) is 7.85 Å². The Bertz CT molecular complexity index is 675. The predicted molar refractivity (Wildman–Crippen MR) is 133 cm³/mol. The Balaban J connectivity index is 0.000000314. The third-order valence-electron chi connectivity index (χ3n) is 5.11. The zero-order valence-electron chi connectivity index (χ0n) is 18.9. The third-order valence-corrected chi connectivity index (χ3v) is 7.95. The number of hydrogen-bond acceptors (Lipinski definition) is 2. The van der Waals surface area contributed by atoms with Crippen molar-refractivity contribution in [3.8, 4) is 0 Å². The van der Waals surface area contributed by atoms with Crippen molar-refractivity contribution in [3.63, 3.8) is 0 Å². The normalized spacial score (nSPS) is 11.6. The van der Waals surface area contributed by atoms with Crippen LogP contribution in [0.4, 0.5) is 5.69 Å². The molecular formula is C25H37BNO2P. The average Bonchev–Trinajstić information content (AvgIpc) is 2.79. The molecule has 0 aliphatic carbocycles. The molecule has 30 heavy (non-hydrogen) atoms. The van der Waals surface area contributed by atoms with Crippen LogP contribution in [0.1, 0.15) is 76.2 Å². The molecular weight excluding hydrogens is 388 g/mol. The van der Waals surface area contributed by atoms with Gasteiger partial charge in [-0.05, 0) is 54.7 Å². The van der Waals surface area contributed by atoms with Gasteiger partial charge < -0.3 is 0 Å². The molecule has 0 fully saturated rings. The molecule has 5 heteroatoms. The van der Waals surface area contributed by atoms with E-state index in [2.05, 4.69) is 20.8 Å². The quantitative estimate of drug-likeness (QED) is 0.151. The average molecular weight is 425 g/mol. The summed E-state index contributed by atoms with van der Waals surface area (Å²) in [5.74, 6) is -0.253. The van der Waals surface area contributed by atoms with Gasteiger partial charge in [0.25, 0.3) is 5.69 Å². The van der Waals surface area contributed by atoms with Crippen molar-refractivity contribution in [2.75, 3.05) is 18.5 Å². The second kappa shape index (κ2) is 16.1. The van der Waals surface area contributed by atoms with E-state index in [1.54, 1.807) is 30.6 Å². The molecule has 0 bridgehead atoms. The molecule has 0 saturated carbocycles. The number of unbranched alkanes of at least 4 members (excludes halogenated alkanes) is 3. The van der Waals surface area contributed by atoms with Gasteiger partial charge >= 0.3 is 0 Å². The van der Waals surface area contributed by atoms with E-state index < -0.39 is 4.92 Å². The molecule has 2 radical (unpaired) electrons. The molecule has 1 unspecified atom stereocenters. The Morgan fingerprint density at radius 3 is 1.63 bits per heavy atom. The molecule has 2 aromatic carbocycles. The number of nitrogens with zero attached hydrogens (tertiary/aromatic N) is 1. The molecule has 0 aliphatic rings. The van der Waals surface area contributed by atoms with E-state index in [0.29, 0.717) is 7.92 Å². The molecule has 0 aromatic heterocycles. The molecule has 162 valence electrons. The first-order valence-electron chi connectivity index (χ1n) is 11.3. The van der Waals surface area contributed by atoms with Crippen LogP contribution in [0.2, 0.25) is 0 Å². The summed E-state index contributed by atoms with van der Waals surface area (Å²) < 4.78 is 0. The highest BCUT2D eigenvalue weighted by atomic mass is 31.1. The van der Waals surface area contributed by atoms with Gasteiger partial charge in [0.1, 0.15) is 0 Å². The first-order chi connectivity index (χ1) is 14.5. The van der Waals surface area contributed by atoms with Crippen LogP contribution in [0.5, 0.6) is 0 Å². The highest BCUT2D eigenvalue weighted by Crippen LogP contribution is 2.38. The SMILES string of the molecule is CCCCP(CCCC)CCCC.[B]C(c1ccccc1)c1ccc([N+](=O)[O-])cc1. The number of hydrogen-bond donors (Lipinski definition) is 0. The fourth-order valence-electron chi connectivity index (χ4n) is 3.14. The molecule has 0 amide bonds. The Labute approximate surface area is 186 Å². The second-order valence-electron chi connectivity index (χ2n) is 7.64. The van der Waals surface area contributed by atoms with Crippen LogP contribution in [-0.4, -0.2) is 31.3 Å². The standard InChI is InChI=1S/C13H10BNO2.C12H27P/c14-13(10-4-2-1-3-5-10)11-6-8-12(9-7-11)15(16)17;1-4-7-10-13(11-8-5-2)12-9-6-3/h1-9,13H;4-12H2,1-3H3. The summed E-state index contributed by atoms with van der Waals surface area (Å²) in [7, 11) is 6.49. The maximum absolute atomic E-state index is 10.5.